The second-order valence-corrected chi connectivity index (χ2v) is 7.24. The number of nitro groups is 1. The summed E-state index contributed by atoms with van der Waals surface area (Å²) in [5.41, 5.74) is 0.954. The van der Waals surface area contributed by atoms with Crippen molar-refractivity contribution >= 4 is 21.4 Å². The maximum absolute atomic E-state index is 12.9. The summed E-state index contributed by atoms with van der Waals surface area (Å²) in [5.74, 6) is 0. The van der Waals surface area contributed by atoms with Crippen LogP contribution in [0.1, 0.15) is 12.6 Å². The van der Waals surface area contributed by atoms with Gasteiger partial charge in [-0.2, -0.15) is 4.31 Å². The molecule has 9 heteroatoms. The molecule has 8 nitrogen and oxygen atoms in total. The van der Waals surface area contributed by atoms with Crippen LogP contribution < -0.4 is 0 Å². The Bertz CT molecular complexity index is 1030. The molecule has 3 aromatic rings. The smallest absolute Gasteiger partial charge is 0.289 e. The van der Waals surface area contributed by atoms with E-state index in [0.717, 1.165) is 0 Å². The van der Waals surface area contributed by atoms with Gasteiger partial charge < -0.3 is 4.40 Å². The minimum absolute atomic E-state index is 0.0655. The number of para-hydroxylation sites is 1. The summed E-state index contributed by atoms with van der Waals surface area (Å²) in [5, 5.41) is 11.2. The highest BCUT2D eigenvalue weighted by Crippen LogP contribution is 2.27. The third kappa shape index (κ3) is 3.11. The number of benzene rings is 1. The first-order chi connectivity index (χ1) is 11.9. The largest absolute Gasteiger partial charge is 0.303 e. The van der Waals surface area contributed by atoms with Crippen molar-refractivity contribution in [3.8, 4) is 0 Å². The molecule has 0 N–H and O–H groups in total. The van der Waals surface area contributed by atoms with Gasteiger partial charge in [-0.15, -0.1) is 0 Å². The molecule has 0 unspecified atom stereocenters. The van der Waals surface area contributed by atoms with Gasteiger partial charge in [-0.1, -0.05) is 25.1 Å². The fourth-order valence-electron chi connectivity index (χ4n) is 2.61. The second kappa shape index (κ2) is 6.61. The van der Waals surface area contributed by atoms with Gasteiger partial charge in [0.1, 0.15) is 5.65 Å². The normalized spacial score (nSPS) is 11.9. The molecule has 0 fully saturated rings. The monoisotopic (exact) mass is 360 g/mol. The van der Waals surface area contributed by atoms with E-state index >= 15 is 0 Å². The molecule has 0 aliphatic heterocycles. The number of sulfonamides is 1. The fourth-order valence-corrected chi connectivity index (χ4v) is 4.19. The van der Waals surface area contributed by atoms with Crippen molar-refractivity contribution in [2.75, 3.05) is 6.54 Å². The van der Waals surface area contributed by atoms with E-state index in [1.165, 1.54) is 28.6 Å². The summed E-state index contributed by atoms with van der Waals surface area (Å²) in [6, 6.07) is 10.8. The molecule has 25 heavy (non-hydrogen) atoms. The lowest BCUT2D eigenvalue weighted by atomic mass is 10.3. The standard InChI is InChI=1S/C16H16N4O4S/c1-2-18(12-13-11-17-16-9-5-6-10-19(13)16)25(23,24)15-8-4-3-7-14(15)20(21)22/h3-11H,2,12H2,1H3. The van der Waals surface area contributed by atoms with Crippen LogP contribution >= 0.6 is 0 Å². The molecule has 0 bridgehead atoms. The third-order valence-corrected chi connectivity index (χ3v) is 5.83. The highest BCUT2D eigenvalue weighted by molar-refractivity contribution is 7.89. The number of hydrogen-bond acceptors (Lipinski definition) is 5. The lowest BCUT2D eigenvalue weighted by molar-refractivity contribution is -0.387. The second-order valence-electron chi connectivity index (χ2n) is 5.33. The van der Waals surface area contributed by atoms with E-state index in [1.807, 2.05) is 18.2 Å². The van der Waals surface area contributed by atoms with Gasteiger partial charge in [-0.25, -0.2) is 13.4 Å². The van der Waals surface area contributed by atoms with Gasteiger partial charge in [0.2, 0.25) is 10.0 Å². The molecular weight excluding hydrogens is 344 g/mol. The van der Waals surface area contributed by atoms with E-state index in [0.29, 0.717) is 11.3 Å². The van der Waals surface area contributed by atoms with Crippen LogP contribution in [0.5, 0.6) is 0 Å². The molecule has 2 aromatic heterocycles. The molecule has 0 aliphatic carbocycles. The minimum atomic E-state index is -4.02. The summed E-state index contributed by atoms with van der Waals surface area (Å²) in [6.07, 6.45) is 3.40. The van der Waals surface area contributed by atoms with Gasteiger partial charge in [-0.3, -0.25) is 10.1 Å². The summed E-state index contributed by atoms with van der Waals surface area (Å²) in [7, 11) is -4.02. The van der Waals surface area contributed by atoms with Crippen LogP contribution in [0.3, 0.4) is 0 Å². The van der Waals surface area contributed by atoms with Crippen LogP contribution in [0.4, 0.5) is 5.69 Å². The Morgan fingerprint density at radius 1 is 1.20 bits per heavy atom. The van der Waals surface area contributed by atoms with Gasteiger partial charge in [0, 0.05) is 18.8 Å². The molecule has 130 valence electrons. The third-order valence-electron chi connectivity index (χ3n) is 3.86. The highest BCUT2D eigenvalue weighted by Gasteiger charge is 2.31. The number of fused-ring (bicyclic) bond motifs is 1. The van der Waals surface area contributed by atoms with E-state index in [9.17, 15) is 18.5 Å². The lowest BCUT2D eigenvalue weighted by Gasteiger charge is -2.20. The van der Waals surface area contributed by atoms with Gasteiger partial charge >= 0.3 is 0 Å². The first kappa shape index (κ1) is 17.1. The number of aromatic nitrogens is 2. The number of hydrogen-bond donors (Lipinski definition) is 0. The first-order valence-electron chi connectivity index (χ1n) is 7.59. The minimum Gasteiger partial charge on any atom is -0.303 e. The average Bonchev–Trinajstić information content (AvgIpc) is 3.02. The summed E-state index contributed by atoms with van der Waals surface area (Å²) < 4.78 is 28.9. The van der Waals surface area contributed by atoms with Crippen molar-refractivity contribution < 1.29 is 13.3 Å². The predicted octanol–water partition coefficient (Wildman–Crippen LogP) is 2.45. The fraction of sp³-hybridized carbons (Fsp3) is 0.188. The molecule has 0 radical (unpaired) electrons. The van der Waals surface area contributed by atoms with Crippen molar-refractivity contribution in [3.05, 3.63) is 70.7 Å². The number of pyridine rings is 1. The SMILES string of the molecule is CCN(Cc1cnc2ccccn12)S(=O)(=O)c1ccccc1[N+](=O)[O-]. The molecule has 0 aliphatic rings. The zero-order valence-corrected chi connectivity index (χ0v) is 14.3. The maximum Gasteiger partial charge on any atom is 0.289 e. The lowest BCUT2D eigenvalue weighted by Crippen LogP contribution is -2.31. The summed E-state index contributed by atoms with van der Waals surface area (Å²) >= 11 is 0. The van der Waals surface area contributed by atoms with Crippen molar-refractivity contribution in [3.63, 3.8) is 0 Å². The maximum atomic E-state index is 12.9. The Kier molecular flexibility index (Phi) is 4.51. The van der Waals surface area contributed by atoms with E-state index in [-0.39, 0.29) is 18.0 Å². The zero-order valence-electron chi connectivity index (χ0n) is 13.4. The Morgan fingerprint density at radius 3 is 2.64 bits per heavy atom. The van der Waals surface area contributed by atoms with Crippen molar-refractivity contribution in [2.24, 2.45) is 0 Å². The molecule has 3 rings (SSSR count). The molecule has 0 amide bonds. The molecular formula is C16H16N4O4S. The van der Waals surface area contributed by atoms with Crippen LogP contribution in [-0.4, -0.2) is 33.6 Å². The topological polar surface area (TPSA) is 97.8 Å². The molecule has 0 saturated heterocycles. The molecule has 0 atom stereocenters. The van der Waals surface area contributed by atoms with E-state index in [4.69, 9.17) is 0 Å². The summed E-state index contributed by atoms with van der Waals surface area (Å²) in [4.78, 5) is 14.4. The molecule has 0 saturated carbocycles. The first-order valence-corrected chi connectivity index (χ1v) is 9.03. The van der Waals surface area contributed by atoms with Crippen molar-refractivity contribution in [1.29, 1.82) is 0 Å². The van der Waals surface area contributed by atoms with E-state index in [2.05, 4.69) is 4.98 Å². The average molecular weight is 360 g/mol. The number of nitrogens with zero attached hydrogens (tertiary/aromatic N) is 4. The van der Waals surface area contributed by atoms with E-state index in [1.54, 1.807) is 23.7 Å². The van der Waals surface area contributed by atoms with Crippen molar-refractivity contribution in [2.45, 2.75) is 18.4 Å². The highest BCUT2D eigenvalue weighted by atomic mass is 32.2. The van der Waals surface area contributed by atoms with Crippen LogP contribution in [0.15, 0.2) is 59.8 Å². The predicted molar refractivity (Wildman–Crippen MR) is 91.6 cm³/mol. The summed E-state index contributed by atoms with van der Waals surface area (Å²) in [6.45, 7) is 1.93. The number of rotatable bonds is 6. The Morgan fingerprint density at radius 2 is 1.92 bits per heavy atom. The molecule has 2 heterocycles. The molecule has 1 aromatic carbocycles. The Balaban J connectivity index is 2.02. The quantitative estimate of drug-likeness (QED) is 0.497. The van der Waals surface area contributed by atoms with Crippen molar-refractivity contribution in [1.82, 2.24) is 13.7 Å². The number of imidazole rings is 1. The van der Waals surface area contributed by atoms with Crippen LogP contribution in [0.25, 0.3) is 5.65 Å². The Hall–Kier alpha value is -2.78. The van der Waals surface area contributed by atoms with Crippen LogP contribution in [0, 0.1) is 10.1 Å². The molecule has 0 spiro atoms. The van der Waals surface area contributed by atoms with Gasteiger partial charge in [-0.05, 0) is 18.2 Å². The van der Waals surface area contributed by atoms with Gasteiger partial charge in [0.05, 0.1) is 23.4 Å². The van der Waals surface area contributed by atoms with E-state index < -0.39 is 20.6 Å². The van der Waals surface area contributed by atoms with Crippen LogP contribution in [-0.2, 0) is 16.6 Å². The zero-order chi connectivity index (χ0) is 18.0. The van der Waals surface area contributed by atoms with Gasteiger partial charge in [0.25, 0.3) is 5.69 Å². The Labute approximate surface area is 144 Å². The van der Waals surface area contributed by atoms with Gasteiger partial charge in [0.15, 0.2) is 4.90 Å². The van der Waals surface area contributed by atoms with Crippen LogP contribution in [0.2, 0.25) is 0 Å². The number of nitro benzene ring substituents is 1.